The minimum absolute atomic E-state index is 0.570. The van der Waals surface area contributed by atoms with Crippen molar-refractivity contribution in [1.82, 2.24) is 0 Å². The highest BCUT2D eigenvalue weighted by Gasteiger charge is 2.02. The van der Waals surface area contributed by atoms with Gasteiger partial charge in [-0.1, -0.05) is 46.3 Å². The van der Waals surface area contributed by atoms with E-state index in [1.165, 1.54) is 0 Å². The first kappa shape index (κ1) is 13.1. The first-order valence-electron chi connectivity index (χ1n) is 5.95. The molecule has 0 atom stereocenters. The zero-order valence-corrected chi connectivity index (χ0v) is 11.7. The highest BCUT2D eigenvalue weighted by atomic mass is 79.9. The molecule has 0 bridgehead atoms. The number of hydrogen-bond acceptors (Lipinski definition) is 2. The van der Waals surface area contributed by atoms with Gasteiger partial charge in [0.1, 0.15) is 12.4 Å². The molecular formula is C15H16BrNO. The second-order valence-corrected chi connectivity index (χ2v) is 4.98. The van der Waals surface area contributed by atoms with E-state index in [2.05, 4.69) is 34.1 Å². The molecule has 0 heterocycles. The van der Waals surface area contributed by atoms with Gasteiger partial charge in [0, 0.05) is 4.47 Å². The lowest BCUT2D eigenvalue weighted by molar-refractivity contribution is 0.303. The summed E-state index contributed by atoms with van der Waals surface area (Å²) in [5, 5.41) is 0. The van der Waals surface area contributed by atoms with E-state index in [9.17, 15) is 0 Å². The van der Waals surface area contributed by atoms with Crippen LogP contribution in [0.1, 0.15) is 11.1 Å². The van der Waals surface area contributed by atoms with Gasteiger partial charge in [0.25, 0.3) is 0 Å². The lowest BCUT2D eigenvalue weighted by Gasteiger charge is -2.11. The zero-order valence-electron chi connectivity index (χ0n) is 10.1. The van der Waals surface area contributed by atoms with Crippen LogP contribution in [0.4, 0.5) is 0 Å². The minimum atomic E-state index is 0.570. The fourth-order valence-corrected chi connectivity index (χ4v) is 2.24. The summed E-state index contributed by atoms with van der Waals surface area (Å²) in [7, 11) is 0. The Labute approximate surface area is 116 Å². The van der Waals surface area contributed by atoms with Crippen LogP contribution >= 0.6 is 15.9 Å². The summed E-state index contributed by atoms with van der Waals surface area (Å²) in [6.45, 7) is 1.21. The molecule has 2 rings (SSSR count). The third kappa shape index (κ3) is 3.59. The highest BCUT2D eigenvalue weighted by Crippen LogP contribution is 2.20. The second-order valence-electron chi connectivity index (χ2n) is 4.06. The molecule has 2 nitrogen and oxygen atoms in total. The molecule has 18 heavy (non-hydrogen) atoms. The maximum absolute atomic E-state index is 5.85. The van der Waals surface area contributed by atoms with Gasteiger partial charge in [-0.3, -0.25) is 0 Å². The predicted molar refractivity (Wildman–Crippen MR) is 77.7 cm³/mol. The molecule has 0 unspecified atom stereocenters. The molecule has 0 fully saturated rings. The van der Waals surface area contributed by atoms with Crippen LogP contribution in [-0.4, -0.2) is 6.54 Å². The van der Waals surface area contributed by atoms with E-state index >= 15 is 0 Å². The summed E-state index contributed by atoms with van der Waals surface area (Å²) in [6.07, 6.45) is 0.842. The smallest absolute Gasteiger partial charge is 0.123 e. The van der Waals surface area contributed by atoms with Crippen molar-refractivity contribution in [3.05, 3.63) is 64.1 Å². The highest BCUT2D eigenvalue weighted by molar-refractivity contribution is 9.10. The third-order valence-electron chi connectivity index (χ3n) is 2.67. The van der Waals surface area contributed by atoms with E-state index < -0.39 is 0 Å². The van der Waals surface area contributed by atoms with Crippen molar-refractivity contribution in [3.8, 4) is 5.75 Å². The van der Waals surface area contributed by atoms with Crippen LogP contribution in [0, 0.1) is 0 Å². The van der Waals surface area contributed by atoms with Crippen LogP contribution in [0.3, 0.4) is 0 Å². The van der Waals surface area contributed by atoms with Gasteiger partial charge in [0.15, 0.2) is 0 Å². The van der Waals surface area contributed by atoms with Gasteiger partial charge in [-0.15, -0.1) is 0 Å². The molecule has 0 aromatic heterocycles. The largest absolute Gasteiger partial charge is 0.489 e. The predicted octanol–water partition coefficient (Wildman–Crippen LogP) is 3.53. The van der Waals surface area contributed by atoms with Crippen molar-refractivity contribution in [2.45, 2.75) is 13.0 Å². The summed E-state index contributed by atoms with van der Waals surface area (Å²) < 4.78 is 6.92. The van der Waals surface area contributed by atoms with Gasteiger partial charge in [-0.25, -0.2) is 0 Å². The number of benzene rings is 2. The molecular weight excluding hydrogens is 290 g/mol. The molecule has 2 aromatic rings. The van der Waals surface area contributed by atoms with Crippen molar-refractivity contribution in [3.63, 3.8) is 0 Å². The first-order chi connectivity index (χ1) is 8.79. The number of nitrogens with two attached hydrogens (primary N) is 1. The lowest BCUT2D eigenvalue weighted by Crippen LogP contribution is -2.05. The van der Waals surface area contributed by atoms with E-state index in [-0.39, 0.29) is 0 Å². The van der Waals surface area contributed by atoms with Crippen molar-refractivity contribution in [2.24, 2.45) is 5.73 Å². The fraction of sp³-hybridized carbons (Fsp3) is 0.200. The second kappa shape index (κ2) is 6.57. The molecule has 3 heteroatoms. The monoisotopic (exact) mass is 305 g/mol. The third-order valence-corrected chi connectivity index (χ3v) is 3.16. The molecule has 0 amide bonds. The van der Waals surface area contributed by atoms with E-state index in [0.29, 0.717) is 13.2 Å². The quantitative estimate of drug-likeness (QED) is 0.917. The summed E-state index contributed by atoms with van der Waals surface area (Å²) in [6, 6.07) is 16.2. The molecule has 0 radical (unpaired) electrons. The Bertz CT molecular complexity index is 513. The normalized spacial score (nSPS) is 10.3. The summed E-state index contributed by atoms with van der Waals surface area (Å²) in [5.41, 5.74) is 7.90. The lowest BCUT2D eigenvalue weighted by atomic mass is 10.1. The first-order valence-corrected chi connectivity index (χ1v) is 6.74. The Kier molecular flexibility index (Phi) is 4.79. The van der Waals surface area contributed by atoms with Crippen molar-refractivity contribution >= 4 is 15.9 Å². The average Bonchev–Trinajstić information content (AvgIpc) is 2.38. The maximum atomic E-state index is 5.85. The van der Waals surface area contributed by atoms with Gasteiger partial charge >= 0.3 is 0 Å². The molecule has 2 N–H and O–H groups in total. The molecule has 0 aliphatic rings. The standard InChI is InChI=1S/C15H16BrNO/c16-14-6-3-4-12(10-14)11-18-15-7-2-1-5-13(15)8-9-17/h1-7,10H,8-9,11,17H2. The summed E-state index contributed by atoms with van der Waals surface area (Å²) in [5.74, 6) is 0.919. The molecule has 0 saturated carbocycles. The van der Waals surface area contributed by atoms with Crippen LogP contribution < -0.4 is 10.5 Å². The van der Waals surface area contributed by atoms with Gasteiger partial charge < -0.3 is 10.5 Å². The van der Waals surface area contributed by atoms with E-state index in [4.69, 9.17) is 10.5 Å². The average molecular weight is 306 g/mol. The molecule has 94 valence electrons. The van der Waals surface area contributed by atoms with E-state index in [1.54, 1.807) is 0 Å². The topological polar surface area (TPSA) is 35.2 Å². The Balaban J connectivity index is 2.06. The van der Waals surface area contributed by atoms with Crippen LogP contribution in [0.25, 0.3) is 0 Å². The van der Waals surface area contributed by atoms with Gasteiger partial charge in [0.2, 0.25) is 0 Å². The van der Waals surface area contributed by atoms with Gasteiger partial charge in [-0.2, -0.15) is 0 Å². The Hall–Kier alpha value is -1.32. The molecule has 0 aliphatic heterocycles. The van der Waals surface area contributed by atoms with Crippen LogP contribution in [0.2, 0.25) is 0 Å². The van der Waals surface area contributed by atoms with Crippen molar-refractivity contribution in [1.29, 1.82) is 0 Å². The van der Waals surface area contributed by atoms with E-state index in [0.717, 1.165) is 27.8 Å². The zero-order chi connectivity index (χ0) is 12.8. The van der Waals surface area contributed by atoms with Crippen LogP contribution in [0.15, 0.2) is 53.0 Å². The number of halogens is 1. The number of rotatable bonds is 5. The number of para-hydroxylation sites is 1. The molecule has 0 spiro atoms. The SMILES string of the molecule is NCCc1ccccc1OCc1cccc(Br)c1. The van der Waals surface area contributed by atoms with Crippen molar-refractivity contribution in [2.75, 3.05) is 6.54 Å². The maximum Gasteiger partial charge on any atom is 0.123 e. The van der Waals surface area contributed by atoms with Crippen LogP contribution in [-0.2, 0) is 13.0 Å². The Morgan fingerprint density at radius 2 is 1.89 bits per heavy atom. The summed E-state index contributed by atoms with van der Waals surface area (Å²) in [4.78, 5) is 0. The van der Waals surface area contributed by atoms with Gasteiger partial charge in [0.05, 0.1) is 0 Å². The molecule has 2 aromatic carbocycles. The van der Waals surface area contributed by atoms with E-state index in [1.807, 2.05) is 30.3 Å². The Morgan fingerprint density at radius 3 is 2.67 bits per heavy atom. The van der Waals surface area contributed by atoms with Gasteiger partial charge in [-0.05, 0) is 42.3 Å². The number of ether oxygens (including phenoxy) is 1. The van der Waals surface area contributed by atoms with Crippen molar-refractivity contribution < 1.29 is 4.74 Å². The fourth-order valence-electron chi connectivity index (χ4n) is 1.79. The molecule has 0 saturated heterocycles. The minimum Gasteiger partial charge on any atom is -0.489 e. The Morgan fingerprint density at radius 1 is 1.06 bits per heavy atom. The molecule has 0 aliphatic carbocycles. The number of hydrogen-bond donors (Lipinski definition) is 1. The van der Waals surface area contributed by atoms with Crippen LogP contribution in [0.5, 0.6) is 5.75 Å². The summed E-state index contributed by atoms with van der Waals surface area (Å²) >= 11 is 3.46.